The average Bonchev–Trinajstić information content (AvgIpc) is 2.91. The summed E-state index contributed by atoms with van der Waals surface area (Å²) in [7, 11) is 0. The molecule has 3 aromatic rings. The summed E-state index contributed by atoms with van der Waals surface area (Å²) < 4.78 is 39.6. The third kappa shape index (κ3) is 6.50. The zero-order valence-electron chi connectivity index (χ0n) is 20.0. The average molecular weight is 499 g/mol. The van der Waals surface area contributed by atoms with E-state index in [4.69, 9.17) is 0 Å². The lowest BCUT2D eigenvalue weighted by Gasteiger charge is -2.31. The monoisotopic (exact) mass is 498 g/mol. The molecule has 1 aliphatic heterocycles. The Morgan fingerprint density at radius 1 is 1.06 bits per heavy atom. The van der Waals surface area contributed by atoms with Crippen LogP contribution in [0.2, 0.25) is 0 Å². The largest absolute Gasteiger partial charge is 0.416 e. The molecule has 0 spiro atoms. The van der Waals surface area contributed by atoms with E-state index in [-0.39, 0.29) is 29.9 Å². The molecular formula is C26H29F3N6O. The predicted molar refractivity (Wildman–Crippen MR) is 131 cm³/mol. The van der Waals surface area contributed by atoms with Gasteiger partial charge in [-0.15, -0.1) is 0 Å². The van der Waals surface area contributed by atoms with Gasteiger partial charge in [0, 0.05) is 32.1 Å². The summed E-state index contributed by atoms with van der Waals surface area (Å²) in [6.07, 6.45) is -1.86. The minimum atomic E-state index is -4.45. The number of hydrogen-bond donors (Lipinski definition) is 2. The molecule has 2 N–H and O–H groups in total. The van der Waals surface area contributed by atoms with E-state index in [0.717, 1.165) is 6.07 Å². The zero-order chi connectivity index (χ0) is 25.5. The van der Waals surface area contributed by atoms with Gasteiger partial charge in [0.25, 0.3) is 0 Å². The quantitative estimate of drug-likeness (QED) is 0.471. The van der Waals surface area contributed by atoms with Crippen molar-refractivity contribution < 1.29 is 18.0 Å². The molecule has 1 atom stereocenters. The lowest BCUT2D eigenvalue weighted by atomic mass is 9.96. The van der Waals surface area contributed by atoms with Gasteiger partial charge in [-0.05, 0) is 36.0 Å². The fourth-order valence-electron chi connectivity index (χ4n) is 4.29. The molecular weight excluding hydrogens is 469 g/mol. The van der Waals surface area contributed by atoms with Crippen molar-refractivity contribution in [3.63, 3.8) is 0 Å². The van der Waals surface area contributed by atoms with Crippen LogP contribution in [0, 0.1) is 5.92 Å². The summed E-state index contributed by atoms with van der Waals surface area (Å²) in [6.45, 7) is 3.79. The number of rotatable bonds is 8. The Bertz CT molecular complexity index is 1150. The summed E-state index contributed by atoms with van der Waals surface area (Å²) in [4.78, 5) is 27.7. The van der Waals surface area contributed by atoms with Gasteiger partial charge in [0.2, 0.25) is 17.8 Å². The van der Waals surface area contributed by atoms with E-state index < -0.39 is 11.7 Å². The van der Waals surface area contributed by atoms with Crippen LogP contribution < -0.4 is 15.5 Å². The van der Waals surface area contributed by atoms with Crippen molar-refractivity contribution >= 4 is 17.8 Å². The number of halogens is 3. The number of carbonyl (C=O) groups is 1. The topological polar surface area (TPSA) is 83.0 Å². The second-order valence-electron chi connectivity index (χ2n) is 8.94. The Hall–Kier alpha value is -3.69. The van der Waals surface area contributed by atoms with Gasteiger partial charge in [0.15, 0.2) is 0 Å². The van der Waals surface area contributed by atoms with Crippen LogP contribution in [-0.4, -0.2) is 40.5 Å². The minimum absolute atomic E-state index is 0.0579. The van der Waals surface area contributed by atoms with Gasteiger partial charge in [0.1, 0.15) is 6.33 Å². The molecule has 0 aliphatic carbocycles. The molecule has 1 aliphatic rings. The lowest BCUT2D eigenvalue weighted by molar-refractivity contribution is -0.138. The number of anilines is 2. The van der Waals surface area contributed by atoms with E-state index >= 15 is 0 Å². The van der Waals surface area contributed by atoms with Gasteiger partial charge in [-0.2, -0.15) is 18.2 Å². The van der Waals surface area contributed by atoms with E-state index in [1.165, 1.54) is 30.1 Å². The molecule has 4 rings (SSSR count). The van der Waals surface area contributed by atoms with Crippen molar-refractivity contribution in [1.29, 1.82) is 0 Å². The maximum Gasteiger partial charge on any atom is 0.416 e. The van der Waals surface area contributed by atoms with Gasteiger partial charge >= 0.3 is 6.18 Å². The zero-order valence-corrected chi connectivity index (χ0v) is 20.0. The van der Waals surface area contributed by atoms with E-state index in [2.05, 4.69) is 44.6 Å². The lowest BCUT2D eigenvalue weighted by Crippen LogP contribution is -2.41. The Morgan fingerprint density at radius 2 is 1.75 bits per heavy atom. The standard InChI is InChI=1S/C26H29F3N6O/c1-18(19-7-3-2-4-8-19)15-31-24-32-17-33-25(34-24)35-13-11-20(12-14-35)23(36)30-16-21-9-5-6-10-22(21)26(27,28)29/h2-10,17-18,20H,11-16H2,1H3,(H,30,36)(H,31,32,33,34). The number of aromatic nitrogens is 3. The molecule has 0 bridgehead atoms. The van der Waals surface area contributed by atoms with Crippen molar-refractivity contribution in [2.45, 2.75) is 38.4 Å². The van der Waals surface area contributed by atoms with E-state index in [1.54, 1.807) is 0 Å². The molecule has 0 saturated carbocycles. The predicted octanol–water partition coefficient (Wildman–Crippen LogP) is 4.64. The third-order valence-corrected chi connectivity index (χ3v) is 6.42. The third-order valence-electron chi connectivity index (χ3n) is 6.42. The minimum Gasteiger partial charge on any atom is -0.353 e. The van der Waals surface area contributed by atoms with E-state index in [1.807, 2.05) is 23.1 Å². The van der Waals surface area contributed by atoms with Crippen LogP contribution in [0.4, 0.5) is 25.1 Å². The highest BCUT2D eigenvalue weighted by molar-refractivity contribution is 5.79. The first-order valence-corrected chi connectivity index (χ1v) is 12.0. The van der Waals surface area contributed by atoms with E-state index in [0.29, 0.717) is 44.4 Å². The Kier molecular flexibility index (Phi) is 8.02. The van der Waals surface area contributed by atoms with E-state index in [9.17, 15) is 18.0 Å². The van der Waals surface area contributed by atoms with Crippen molar-refractivity contribution in [1.82, 2.24) is 20.3 Å². The fourth-order valence-corrected chi connectivity index (χ4v) is 4.29. The second-order valence-corrected chi connectivity index (χ2v) is 8.94. The fraction of sp³-hybridized carbons (Fsp3) is 0.385. The molecule has 2 heterocycles. The van der Waals surface area contributed by atoms with Crippen LogP contribution >= 0.6 is 0 Å². The Labute approximate surface area is 208 Å². The van der Waals surface area contributed by atoms with Crippen LogP contribution in [-0.2, 0) is 17.5 Å². The van der Waals surface area contributed by atoms with Crippen molar-refractivity contribution in [2.24, 2.45) is 5.92 Å². The number of benzene rings is 2. The molecule has 0 radical (unpaired) electrons. The van der Waals surface area contributed by atoms with Gasteiger partial charge < -0.3 is 15.5 Å². The molecule has 2 aromatic carbocycles. The summed E-state index contributed by atoms with van der Waals surface area (Å²) in [5.74, 6) is 0.803. The number of nitrogens with zero attached hydrogens (tertiary/aromatic N) is 4. The molecule has 7 nitrogen and oxygen atoms in total. The number of alkyl halides is 3. The Balaban J connectivity index is 1.27. The first-order chi connectivity index (χ1) is 17.3. The molecule has 36 heavy (non-hydrogen) atoms. The summed E-state index contributed by atoms with van der Waals surface area (Å²) in [6, 6.07) is 15.5. The highest BCUT2D eigenvalue weighted by atomic mass is 19.4. The summed E-state index contributed by atoms with van der Waals surface area (Å²) >= 11 is 0. The second kappa shape index (κ2) is 11.4. The van der Waals surface area contributed by atoms with Crippen molar-refractivity contribution in [2.75, 3.05) is 29.9 Å². The molecule has 190 valence electrons. The first-order valence-electron chi connectivity index (χ1n) is 12.0. The van der Waals surface area contributed by atoms with Crippen molar-refractivity contribution in [3.05, 3.63) is 77.6 Å². The summed E-state index contributed by atoms with van der Waals surface area (Å²) in [5.41, 5.74) is 0.557. The number of amides is 1. The van der Waals surface area contributed by atoms with Crippen molar-refractivity contribution in [3.8, 4) is 0 Å². The molecule has 10 heteroatoms. The maximum atomic E-state index is 13.2. The van der Waals surface area contributed by atoms with Crippen LogP contribution in [0.5, 0.6) is 0 Å². The normalized spacial score (nSPS) is 15.4. The smallest absolute Gasteiger partial charge is 0.353 e. The highest BCUT2D eigenvalue weighted by Gasteiger charge is 2.33. The molecule has 1 amide bonds. The SMILES string of the molecule is CC(CNc1ncnc(N2CCC(C(=O)NCc3ccccc3C(F)(F)F)CC2)n1)c1ccccc1. The number of hydrogen-bond acceptors (Lipinski definition) is 6. The summed E-state index contributed by atoms with van der Waals surface area (Å²) in [5, 5.41) is 5.94. The molecule has 1 aromatic heterocycles. The number of piperidine rings is 1. The maximum absolute atomic E-state index is 13.2. The molecule has 1 saturated heterocycles. The first kappa shape index (κ1) is 25.4. The van der Waals surface area contributed by atoms with Crippen LogP contribution in [0.3, 0.4) is 0 Å². The van der Waals surface area contributed by atoms with Gasteiger partial charge in [-0.1, -0.05) is 55.5 Å². The number of carbonyl (C=O) groups excluding carboxylic acids is 1. The van der Waals surface area contributed by atoms with Crippen LogP contribution in [0.25, 0.3) is 0 Å². The Morgan fingerprint density at radius 3 is 2.47 bits per heavy atom. The van der Waals surface area contributed by atoms with Gasteiger partial charge in [-0.3, -0.25) is 4.79 Å². The van der Waals surface area contributed by atoms with Crippen LogP contribution in [0.15, 0.2) is 60.9 Å². The molecule has 1 fully saturated rings. The highest BCUT2D eigenvalue weighted by Crippen LogP contribution is 2.32. The van der Waals surface area contributed by atoms with Gasteiger partial charge in [-0.25, -0.2) is 9.97 Å². The number of nitrogens with one attached hydrogen (secondary N) is 2. The molecule has 1 unspecified atom stereocenters. The van der Waals surface area contributed by atoms with Gasteiger partial charge in [0.05, 0.1) is 5.56 Å². The van der Waals surface area contributed by atoms with Crippen LogP contribution in [0.1, 0.15) is 42.4 Å².